The van der Waals surface area contributed by atoms with Gasteiger partial charge in [-0.05, 0) is 26.8 Å². The van der Waals surface area contributed by atoms with Gasteiger partial charge in [0.1, 0.15) is 5.82 Å². The minimum Gasteiger partial charge on any atom is -0.475 e. The summed E-state index contributed by atoms with van der Waals surface area (Å²) in [6, 6.07) is 0. The third kappa shape index (κ3) is 2.94. The van der Waals surface area contributed by atoms with Crippen LogP contribution < -0.4 is 10.1 Å². The second kappa shape index (κ2) is 5.45. The number of fused-ring (bicyclic) bond motifs is 1. The molecule has 4 nitrogen and oxygen atoms in total. The van der Waals surface area contributed by atoms with E-state index in [4.69, 9.17) is 4.74 Å². The molecule has 17 heavy (non-hydrogen) atoms. The summed E-state index contributed by atoms with van der Waals surface area (Å²) in [6.45, 7) is 8.13. The molecule has 0 unspecified atom stereocenters. The zero-order valence-electron chi connectivity index (χ0n) is 10.9. The first-order valence-corrected chi connectivity index (χ1v) is 6.46. The van der Waals surface area contributed by atoms with Gasteiger partial charge in [-0.3, -0.25) is 0 Å². The molecule has 2 heterocycles. The molecule has 4 heteroatoms. The molecule has 1 N–H and O–H groups in total. The van der Waals surface area contributed by atoms with Gasteiger partial charge < -0.3 is 10.1 Å². The van der Waals surface area contributed by atoms with Crippen molar-refractivity contribution in [3.8, 4) is 5.88 Å². The lowest BCUT2D eigenvalue weighted by atomic mass is 10.1. The molecule has 1 aromatic rings. The highest BCUT2D eigenvalue weighted by Crippen LogP contribution is 2.22. The van der Waals surface area contributed by atoms with Crippen molar-refractivity contribution in [2.45, 2.75) is 46.1 Å². The summed E-state index contributed by atoms with van der Waals surface area (Å²) >= 11 is 0. The van der Waals surface area contributed by atoms with E-state index in [0.29, 0.717) is 0 Å². The van der Waals surface area contributed by atoms with Crippen LogP contribution in [-0.4, -0.2) is 29.2 Å². The normalized spacial score (nSPS) is 15.5. The van der Waals surface area contributed by atoms with E-state index in [2.05, 4.69) is 22.2 Å². The van der Waals surface area contributed by atoms with Crippen LogP contribution in [0.3, 0.4) is 0 Å². The Bertz CT molecular complexity index is 390. The summed E-state index contributed by atoms with van der Waals surface area (Å²) in [5.41, 5.74) is 2.36. The van der Waals surface area contributed by atoms with Gasteiger partial charge in [0.15, 0.2) is 0 Å². The number of nitrogens with one attached hydrogen (secondary N) is 1. The summed E-state index contributed by atoms with van der Waals surface area (Å²) < 4.78 is 5.83. The van der Waals surface area contributed by atoms with Gasteiger partial charge in [-0.1, -0.05) is 6.92 Å². The topological polar surface area (TPSA) is 47.0 Å². The molecule has 0 aromatic carbocycles. The van der Waals surface area contributed by atoms with Crippen molar-refractivity contribution in [1.29, 1.82) is 0 Å². The molecule has 1 aliphatic heterocycles. The quantitative estimate of drug-likeness (QED) is 0.862. The Balaban J connectivity index is 2.40. The van der Waals surface area contributed by atoms with Crippen LogP contribution >= 0.6 is 0 Å². The van der Waals surface area contributed by atoms with Crippen molar-refractivity contribution in [2.24, 2.45) is 0 Å². The van der Waals surface area contributed by atoms with Crippen LogP contribution in [0, 0.1) is 0 Å². The van der Waals surface area contributed by atoms with E-state index < -0.39 is 0 Å². The zero-order valence-corrected chi connectivity index (χ0v) is 10.9. The van der Waals surface area contributed by atoms with Crippen molar-refractivity contribution in [2.75, 3.05) is 13.1 Å². The van der Waals surface area contributed by atoms with Crippen LogP contribution in [0.5, 0.6) is 5.88 Å². The van der Waals surface area contributed by atoms with Crippen molar-refractivity contribution < 1.29 is 4.74 Å². The maximum atomic E-state index is 5.83. The maximum absolute atomic E-state index is 5.83. The fraction of sp³-hybridized carbons (Fsp3) is 0.692. The van der Waals surface area contributed by atoms with Crippen molar-refractivity contribution in [3.05, 3.63) is 17.1 Å². The molecule has 0 saturated carbocycles. The molecular weight excluding hydrogens is 214 g/mol. The summed E-state index contributed by atoms with van der Waals surface area (Å²) in [5.74, 6) is 1.69. The maximum Gasteiger partial charge on any atom is 0.220 e. The second-order valence-electron chi connectivity index (χ2n) is 4.64. The van der Waals surface area contributed by atoms with E-state index in [1.807, 2.05) is 13.8 Å². The van der Waals surface area contributed by atoms with Gasteiger partial charge in [-0.25, -0.2) is 4.98 Å². The van der Waals surface area contributed by atoms with Gasteiger partial charge in [-0.15, -0.1) is 0 Å². The smallest absolute Gasteiger partial charge is 0.220 e. The molecule has 0 saturated heterocycles. The predicted molar refractivity (Wildman–Crippen MR) is 67.5 cm³/mol. The summed E-state index contributed by atoms with van der Waals surface area (Å²) in [4.78, 5) is 9.15. The van der Waals surface area contributed by atoms with Gasteiger partial charge in [-0.2, -0.15) is 4.98 Å². The highest BCUT2D eigenvalue weighted by molar-refractivity contribution is 5.33. The van der Waals surface area contributed by atoms with Gasteiger partial charge >= 0.3 is 0 Å². The van der Waals surface area contributed by atoms with Gasteiger partial charge in [0.2, 0.25) is 5.88 Å². The lowest BCUT2D eigenvalue weighted by Crippen LogP contribution is -2.16. The zero-order chi connectivity index (χ0) is 12.3. The Labute approximate surface area is 103 Å². The first-order chi connectivity index (χ1) is 8.20. The Morgan fingerprint density at radius 1 is 1.24 bits per heavy atom. The summed E-state index contributed by atoms with van der Waals surface area (Å²) in [7, 11) is 0. The molecule has 1 aromatic heterocycles. The summed E-state index contributed by atoms with van der Waals surface area (Å²) in [5, 5.41) is 3.39. The fourth-order valence-electron chi connectivity index (χ4n) is 2.04. The van der Waals surface area contributed by atoms with E-state index in [0.717, 1.165) is 49.8 Å². The number of hydrogen-bond acceptors (Lipinski definition) is 4. The predicted octanol–water partition coefficient (Wildman–Crippen LogP) is 1.51. The van der Waals surface area contributed by atoms with Crippen LogP contribution in [0.25, 0.3) is 0 Å². The molecule has 0 fully saturated rings. The van der Waals surface area contributed by atoms with E-state index in [1.165, 1.54) is 5.56 Å². The van der Waals surface area contributed by atoms with Crippen molar-refractivity contribution >= 4 is 0 Å². The number of aromatic nitrogens is 2. The average molecular weight is 235 g/mol. The molecule has 0 amide bonds. The highest BCUT2D eigenvalue weighted by Gasteiger charge is 2.17. The first kappa shape index (κ1) is 12.3. The molecule has 0 radical (unpaired) electrons. The van der Waals surface area contributed by atoms with Crippen LogP contribution in [0.15, 0.2) is 0 Å². The minimum absolute atomic E-state index is 0.162. The molecule has 0 spiro atoms. The summed E-state index contributed by atoms with van der Waals surface area (Å²) in [6.07, 6.45) is 2.95. The Hall–Kier alpha value is -1.16. The average Bonchev–Trinajstić information content (AvgIpc) is 2.53. The third-order valence-electron chi connectivity index (χ3n) is 2.86. The Morgan fingerprint density at radius 3 is 2.71 bits per heavy atom. The fourth-order valence-corrected chi connectivity index (χ4v) is 2.04. The molecule has 0 aliphatic carbocycles. The van der Waals surface area contributed by atoms with Gasteiger partial charge in [0.25, 0.3) is 0 Å². The number of aryl methyl sites for hydroxylation is 1. The van der Waals surface area contributed by atoms with Crippen LogP contribution in [-0.2, 0) is 19.3 Å². The molecule has 0 bridgehead atoms. The van der Waals surface area contributed by atoms with Crippen molar-refractivity contribution in [3.63, 3.8) is 0 Å². The molecule has 94 valence electrons. The molecule has 2 rings (SSSR count). The number of hydrogen-bond donors (Lipinski definition) is 1. The molecule has 1 aliphatic rings. The van der Waals surface area contributed by atoms with E-state index in [9.17, 15) is 0 Å². The van der Waals surface area contributed by atoms with Crippen LogP contribution in [0.1, 0.15) is 37.9 Å². The first-order valence-electron chi connectivity index (χ1n) is 6.46. The van der Waals surface area contributed by atoms with E-state index in [-0.39, 0.29) is 6.10 Å². The van der Waals surface area contributed by atoms with Crippen LogP contribution in [0.2, 0.25) is 0 Å². The van der Waals surface area contributed by atoms with Gasteiger partial charge in [0.05, 0.1) is 11.8 Å². The monoisotopic (exact) mass is 235 g/mol. The number of ether oxygens (including phenoxy) is 1. The lowest BCUT2D eigenvalue weighted by Gasteiger charge is -2.15. The van der Waals surface area contributed by atoms with Gasteiger partial charge in [0, 0.05) is 24.9 Å². The van der Waals surface area contributed by atoms with Crippen molar-refractivity contribution in [1.82, 2.24) is 15.3 Å². The minimum atomic E-state index is 0.162. The molecular formula is C13H21N3O. The Morgan fingerprint density at radius 2 is 2.00 bits per heavy atom. The standard InChI is InChI=1S/C13H21N3O/c1-4-12-15-11-6-8-14-7-5-10(11)13(16-12)17-9(2)3/h9,14H,4-8H2,1-3H3. The highest BCUT2D eigenvalue weighted by atomic mass is 16.5. The molecule has 0 atom stereocenters. The number of rotatable bonds is 3. The second-order valence-corrected chi connectivity index (χ2v) is 4.64. The van der Waals surface area contributed by atoms with E-state index >= 15 is 0 Å². The van der Waals surface area contributed by atoms with E-state index in [1.54, 1.807) is 0 Å². The third-order valence-corrected chi connectivity index (χ3v) is 2.86. The van der Waals surface area contributed by atoms with Crippen LogP contribution in [0.4, 0.5) is 0 Å². The number of nitrogens with zero attached hydrogens (tertiary/aromatic N) is 2. The Kier molecular flexibility index (Phi) is 3.94. The largest absolute Gasteiger partial charge is 0.475 e. The SMILES string of the molecule is CCc1nc2c(c(OC(C)C)n1)CCNCC2. The lowest BCUT2D eigenvalue weighted by molar-refractivity contribution is 0.228.